The second-order valence-electron chi connectivity index (χ2n) is 1.92. The number of hydrogen-bond acceptors (Lipinski definition) is 2. The van der Waals surface area contributed by atoms with Crippen molar-refractivity contribution in [3.05, 3.63) is 11.1 Å². The minimum absolute atomic E-state index is 0.0702. The minimum atomic E-state index is -0.120. The number of allylic oxidation sites excluding steroid dienone is 1. The maximum atomic E-state index is 10.6. The second-order valence-corrected chi connectivity index (χ2v) is 2.83. The monoisotopic (exact) mass is 162 g/mol. The quantitative estimate of drug-likeness (QED) is 0.497. The van der Waals surface area contributed by atoms with Crippen molar-refractivity contribution in [2.45, 2.75) is 12.5 Å². The van der Waals surface area contributed by atoms with Crippen molar-refractivity contribution >= 4 is 27.9 Å². The first-order valence-corrected chi connectivity index (χ1v) is 3.86. The molecule has 1 aliphatic rings. The molecule has 9 heavy (non-hydrogen) atoms. The number of rotatable bonds is 1. The Morgan fingerprint density at radius 2 is 2.56 bits per heavy atom. The lowest BCUT2D eigenvalue weighted by atomic mass is 10.3. The van der Waals surface area contributed by atoms with Gasteiger partial charge in [0.15, 0.2) is 5.78 Å². The van der Waals surface area contributed by atoms with E-state index in [-0.39, 0.29) is 11.9 Å². The highest BCUT2D eigenvalue weighted by molar-refractivity contribution is 6.33. The van der Waals surface area contributed by atoms with Crippen molar-refractivity contribution in [3.63, 3.8) is 0 Å². The van der Waals surface area contributed by atoms with Gasteiger partial charge < -0.3 is 4.43 Å². The van der Waals surface area contributed by atoms with Crippen LogP contribution in [0.2, 0.25) is 0 Å². The third kappa shape index (κ3) is 1.41. The third-order valence-electron chi connectivity index (χ3n) is 1.28. The predicted molar refractivity (Wildman–Crippen MR) is 38.4 cm³/mol. The Balaban J connectivity index is 2.64. The molecular weight excluding hydrogens is 156 g/mol. The summed E-state index contributed by atoms with van der Waals surface area (Å²) in [5.74, 6) is 0.0702. The van der Waals surface area contributed by atoms with Crippen molar-refractivity contribution in [2.24, 2.45) is 0 Å². The summed E-state index contributed by atoms with van der Waals surface area (Å²) in [4.78, 5) is 10.6. The van der Waals surface area contributed by atoms with E-state index in [0.29, 0.717) is 21.9 Å². The standard InChI is InChI=1S/C5H7ClO2Si/c6-4-1-3(7)2-5(4)8-9/h1,5H,2H2,9H3/t5-/m0/s1. The first-order valence-electron chi connectivity index (χ1n) is 2.66. The SMILES string of the molecule is O=C1C=C(Cl)[C@@H](O[SiH3])C1. The van der Waals surface area contributed by atoms with Crippen LogP contribution in [0.5, 0.6) is 0 Å². The Kier molecular flexibility index (Phi) is 2.05. The first kappa shape index (κ1) is 6.99. The van der Waals surface area contributed by atoms with Gasteiger partial charge in [-0.1, -0.05) is 11.6 Å². The highest BCUT2D eigenvalue weighted by Gasteiger charge is 2.21. The molecule has 0 saturated heterocycles. The molecule has 2 nitrogen and oxygen atoms in total. The fourth-order valence-corrected chi connectivity index (χ4v) is 1.64. The molecule has 1 rings (SSSR count). The highest BCUT2D eigenvalue weighted by atomic mass is 35.5. The van der Waals surface area contributed by atoms with Gasteiger partial charge in [0.1, 0.15) is 10.5 Å². The van der Waals surface area contributed by atoms with E-state index >= 15 is 0 Å². The molecule has 0 bridgehead atoms. The number of halogens is 1. The average Bonchev–Trinajstić information content (AvgIpc) is 2.10. The van der Waals surface area contributed by atoms with E-state index in [1.807, 2.05) is 0 Å². The molecule has 0 unspecified atom stereocenters. The van der Waals surface area contributed by atoms with Crippen molar-refractivity contribution in [3.8, 4) is 0 Å². The van der Waals surface area contributed by atoms with E-state index in [1.165, 1.54) is 6.08 Å². The largest absolute Gasteiger partial charge is 0.420 e. The Hall–Kier alpha value is -0.123. The van der Waals surface area contributed by atoms with Gasteiger partial charge in [0.25, 0.3) is 0 Å². The zero-order valence-electron chi connectivity index (χ0n) is 5.06. The molecule has 0 radical (unpaired) electrons. The summed E-state index contributed by atoms with van der Waals surface area (Å²) in [6.07, 6.45) is 1.75. The lowest BCUT2D eigenvalue weighted by Crippen LogP contribution is -2.08. The minimum Gasteiger partial charge on any atom is -0.420 e. The molecule has 1 atom stereocenters. The maximum Gasteiger partial charge on any atom is 0.159 e. The summed E-state index contributed by atoms with van der Waals surface area (Å²) in [5, 5.41) is 0.551. The van der Waals surface area contributed by atoms with Crippen molar-refractivity contribution in [1.82, 2.24) is 0 Å². The van der Waals surface area contributed by atoms with Gasteiger partial charge in [-0.25, -0.2) is 0 Å². The molecule has 0 aromatic carbocycles. The Morgan fingerprint density at radius 3 is 2.78 bits per heavy atom. The van der Waals surface area contributed by atoms with Crippen molar-refractivity contribution in [2.75, 3.05) is 0 Å². The fourth-order valence-electron chi connectivity index (χ4n) is 0.782. The predicted octanol–water partition coefficient (Wildman–Crippen LogP) is -0.253. The normalized spacial score (nSPS) is 27.0. The molecule has 0 aliphatic heterocycles. The van der Waals surface area contributed by atoms with Crippen LogP contribution >= 0.6 is 11.6 Å². The lowest BCUT2D eigenvalue weighted by Gasteiger charge is -2.05. The molecule has 0 fully saturated rings. The summed E-state index contributed by atoms with van der Waals surface area (Å²) in [6.45, 7) is 0. The molecule has 1 aliphatic carbocycles. The van der Waals surface area contributed by atoms with Gasteiger partial charge in [-0.3, -0.25) is 4.79 Å². The van der Waals surface area contributed by atoms with Gasteiger partial charge in [-0.05, 0) is 6.08 Å². The van der Waals surface area contributed by atoms with Gasteiger partial charge >= 0.3 is 0 Å². The molecule has 0 heterocycles. The van der Waals surface area contributed by atoms with Crippen LogP contribution < -0.4 is 0 Å². The molecule has 0 N–H and O–H groups in total. The Bertz CT molecular complexity index is 166. The van der Waals surface area contributed by atoms with Crippen LogP contribution in [-0.4, -0.2) is 22.4 Å². The summed E-state index contributed by atoms with van der Waals surface area (Å²) in [5.41, 5.74) is 0. The van der Waals surface area contributed by atoms with Gasteiger partial charge in [0, 0.05) is 11.5 Å². The van der Waals surface area contributed by atoms with Gasteiger partial charge in [0.2, 0.25) is 0 Å². The molecule has 0 aromatic heterocycles. The maximum absolute atomic E-state index is 10.6. The molecule has 50 valence electrons. The van der Waals surface area contributed by atoms with E-state index in [0.717, 1.165) is 0 Å². The van der Waals surface area contributed by atoms with Gasteiger partial charge in [-0.15, -0.1) is 0 Å². The number of carbonyl (C=O) groups is 1. The van der Waals surface area contributed by atoms with E-state index in [1.54, 1.807) is 0 Å². The summed E-state index contributed by atoms with van der Waals surface area (Å²) >= 11 is 5.61. The Labute approximate surface area is 61.4 Å². The summed E-state index contributed by atoms with van der Waals surface area (Å²) in [7, 11) is 0.633. The van der Waals surface area contributed by atoms with Gasteiger partial charge in [0.05, 0.1) is 6.10 Å². The summed E-state index contributed by atoms with van der Waals surface area (Å²) < 4.78 is 5.01. The third-order valence-corrected chi connectivity index (χ3v) is 2.20. The van der Waals surface area contributed by atoms with Crippen LogP contribution in [0.1, 0.15) is 6.42 Å². The first-order chi connectivity index (χ1) is 4.24. The fraction of sp³-hybridized carbons (Fsp3) is 0.400. The van der Waals surface area contributed by atoms with Crippen molar-refractivity contribution in [1.29, 1.82) is 0 Å². The number of carbonyl (C=O) groups excluding carboxylic acids is 1. The molecule has 0 saturated carbocycles. The zero-order chi connectivity index (χ0) is 6.85. The van der Waals surface area contributed by atoms with Crippen molar-refractivity contribution < 1.29 is 9.22 Å². The molecule has 0 spiro atoms. The van der Waals surface area contributed by atoms with E-state index in [2.05, 4.69) is 0 Å². The zero-order valence-corrected chi connectivity index (χ0v) is 7.81. The average molecular weight is 163 g/mol. The lowest BCUT2D eigenvalue weighted by molar-refractivity contribution is -0.114. The number of hydrogen-bond donors (Lipinski definition) is 0. The van der Waals surface area contributed by atoms with E-state index < -0.39 is 0 Å². The molecule has 0 amide bonds. The van der Waals surface area contributed by atoms with Crippen LogP contribution in [0.3, 0.4) is 0 Å². The smallest absolute Gasteiger partial charge is 0.159 e. The number of ketones is 1. The second kappa shape index (κ2) is 2.64. The topological polar surface area (TPSA) is 26.3 Å². The van der Waals surface area contributed by atoms with Crippen LogP contribution in [0.15, 0.2) is 11.1 Å². The van der Waals surface area contributed by atoms with E-state index in [4.69, 9.17) is 16.0 Å². The van der Waals surface area contributed by atoms with Crippen LogP contribution in [0.4, 0.5) is 0 Å². The molecule has 0 aromatic rings. The van der Waals surface area contributed by atoms with Crippen LogP contribution in [0.25, 0.3) is 0 Å². The summed E-state index contributed by atoms with van der Waals surface area (Å²) in [6, 6.07) is 0. The van der Waals surface area contributed by atoms with E-state index in [9.17, 15) is 4.79 Å². The van der Waals surface area contributed by atoms with Gasteiger partial charge in [-0.2, -0.15) is 0 Å². The molecule has 4 heteroatoms. The molecular formula is C5H7ClO2Si. The Morgan fingerprint density at radius 1 is 1.89 bits per heavy atom. The van der Waals surface area contributed by atoms with Crippen LogP contribution in [-0.2, 0) is 9.22 Å². The highest BCUT2D eigenvalue weighted by Crippen LogP contribution is 2.21. The van der Waals surface area contributed by atoms with Crippen LogP contribution in [0, 0.1) is 0 Å².